The van der Waals surface area contributed by atoms with Crippen molar-refractivity contribution in [1.82, 2.24) is 24.2 Å². The van der Waals surface area contributed by atoms with Gasteiger partial charge in [0.15, 0.2) is 0 Å². The van der Waals surface area contributed by atoms with Crippen LogP contribution in [0, 0.1) is 6.92 Å². The maximum atomic E-state index is 12.9. The van der Waals surface area contributed by atoms with E-state index in [-0.39, 0.29) is 17.5 Å². The summed E-state index contributed by atoms with van der Waals surface area (Å²) in [5.74, 6) is 0.689. The number of carbonyl (C=O) groups excluding carboxylic acids is 1. The zero-order valence-corrected chi connectivity index (χ0v) is 16.1. The van der Waals surface area contributed by atoms with Crippen LogP contribution in [-0.2, 0) is 7.05 Å². The van der Waals surface area contributed by atoms with Gasteiger partial charge in [0.25, 0.3) is 5.91 Å². The van der Waals surface area contributed by atoms with Crippen LogP contribution in [0.25, 0.3) is 5.69 Å². The summed E-state index contributed by atoms with van der Waals surface area (Å²) in [5, 5.41) is 4.51. The molecular formula is C21H23N5O2. The molecule has 0 bridgehead atoms. The summed E-state index contributed by atoms with van der Waals surface area (Å²) >= 11 is 0. The van der Waals surface area contributed by atoms with Gasteiger partial charge in [-0.2, -0.15) is 5.10 Å². The number of para-hydroxylation sites is 1. The number of amides is 1. The van der Waals surface area contributed by atoms with Crippen molar-refractivity contribution >= 4 is 5.91 Å². The van der Waals surface area contributed by atoms with Gasteiger partial charge >= 0.3 is 5.69 Å². The standard InChI is InChI=1S/C21H23N5O2/c1-15-11-17(13-22-12-15)20(27)25-10-6-7-16(14-25)19-23-24(2)21(28)26(19)18-8-4-3-5-9-18/h3-5,8-9,11-13,16H,6-7,10,14H2,1-2H3/t16-/m1/s1. The number of pyridine rings is 1. The summed E-state index contributed by atoms with van der Waals surface area (Å²) in [7, 11) is 1.66. The highest BCUT2D eigenvalue weighted by atomic mass is 16.2. The second kappa shape index (κ2) is 7.42. The Labute approximate surface area is 163 Å². The first-order valence-corrected chi connectivity index (χ1v) is 9.47. The molecule has 1 aliphatic heterocycles. The zero-order valence-electron chi connectivity index (χ0n) is 16.1. The van der Waals surface area contributed by atoms with Crippen LogP contribution in [-0.4, -0.2) is 43.2 Å². The molecule has 7 heteroatoms. The summed E-state index contributed by atoms with van der Waals surface area (Å²) in [4.78, 5) is 31.6. The topological polar surface area (TPSA) is 73.0 Å². The molecule has 7 nitrogen and oxygen atoms in total. The molecule has 3 heterocycles. The number of likely N-dealkylation sites (tertiary alicyclic amines) is 1. The smallest absolute Gasteiger partial charge is 0.338 e. The number of hydrogen-bond acceptors (Lipinski definition) is 4. The Balaban J connectivity index is 1.65. The molecule has 1 amide bonds. The largest absolute Gasteiger partial charge is 0.350 e. The molecular weight excluding hydrogens is 354 g/mol. The number of rotatable bonds is 3. The van der Waals surface area contributed by atoms with Gasteiger partial charge in [0, 0.05) is 38.4 Å². The predicted molar refractivity (Wildman–Crippen MR) is 106 cm³/mol. The molecule has 0 unspecified atom stereocenters. The SMILES string of the molecule is Cc1cncc(C(=O)N2CCC[C@@H](c3nn(C)c(=O)n3-c3ccccc3)C2)c1. The van der Waals surface area contributed by atoms with E-state index in [2.05, 4.69) is 10.1 Å². The normalized spacial score (nSPS) is 16.9. The molecule has 144 valence electrons. The molecule has 1 fully saturated rings. The van der Waals surface area contributed by atoms with Crippen LogP contribution in [0.3, 0.4) is 0 Å². The minimum absolute atomic E-state index is 0.00424. The third-order valence-corrected chi connectivity index (χ3v) is 5.16. The quantitative estimate of drug-likeness (QED) is 0.702. The summed E-state index contributed by atoms with van der Waals surface area (Å²) in [6, 6.07) is 11.4. The Morgan fingerprint density at radius 3 is 2.71 bits per heavy atom. The van der Waals surface area contributed by atoms with E-state index in [1.165, 1.54) is 4.68 Å². The lowest BCUT2D eigenvalue weighted by Gasteiger charge is -2.32. The second-order valence-electron chi connectivity index (χ2n) is 7.28. The molecule has 4 rings (SSSR count). The zero-order chi connectivity index (χ0) is 19.7. The van der Waals surface area contributed by atoms with Gasteiger partial charge in [0.2, 0.25) is 0 Å². The van der Waals surface area contributed by atoms with E-state index >= 15 is 0 Å². The lowest BCUT2D eigenvalue weighted by atomic mass is 9.96. The molecule has 1 saturated heterocycles. The number of aryl methyl sites for hydroxylation is 2. The summed E-state index contributed by atoms with van der Waals surface area (Å²) in [6.45, 7) is 3.16. The van der Waals surface area contributed by atoms with Gasteiger partial charge in [0.1, 0.15) is 5.82 Å². The minimum Gasteiger partial charge on any atom is -0.338 e. The van der Waals surface area contributed by atoms with Crippen molar-refractivity contribution in [3.63, 3.8) is 0 Å². The lowest BCUT2D eigenvalue weighted by Crippen LogP contribution is -2.40. The Morgan fingerprint density at radius 2 is 1.96 bits per heavy atom. The highest BCUT2D eigenvalue weighted by molar-refractivity contribution is 5.94. The highest BCUT2D eigenvalue weighted by Gasteiger charge is 2.30. The number of benzene rings is 1. The molecule has 0 radical (unpaired) electrons. The van der Waals surface area contributed by atoms with Crippen molar-refractivity contribution in [3.8, 4) is 5.69 Å². The van der Waals surface area contributed by atoms with Crippen molar-refractivity contribution < 1.29 is 4.79 Å². The molecule has 1 atom stereocenters. The number of carbonyl (C=O) groups is 1. The molecule has 2 aromatic heterocycles. The number of hydrogen-bond donors (Lipinski definition) is 0. The van der Waals surface area contributed by atoms with Crippen molar-refractivity contribution in [2.24, 2.45) is 7.05 Å². The average Bonchev–Trinajstić information content (AvgIpc) is 3.03. The van der Waals surface area contributed by atoms with Crippen LogP contribution in [0.2, 0.25) is 0 Å². The Kier molecular flexibility index (Phi) is 4.81. The third-order valence-electron chi connectivity index (χ3n) is 5.16. The molecule has 1 aliphatic rings. The first kappa shape index (κ1) is 18.2. The predicted octanol–water partition coefficient (Wildman–Crippen LogP) is 2.29. The first-order chi connectivity index (χ1) is 13.5. The van der Waals surface area contributed by atoms with Crippen LogP contribution in [0.1, 0.15) is 40.5 Å². The fourth-order valence-electron chi connectivity index (χ4n) is 3.79. The van der Waals surface area contributed by atoms with Crippen LogP contribution in [0.4, 0.5) is 0 Å². The van der Waals surface area contributed by atoms with Crippen molar-refractivity contribution in [2.45, 2.75) is 25.7 Å². The Hall–Kier alpha value is -3.22. The van der Waals surface area contributed by atoms with E-state index in [0.717, 1.165) is 24.1 Å². The first-order valence-electron chi connectivity index (χ1n) is 9.47. The second-order valence-corrected chi connectivity index (χ2v) is 7.28. The molecule has 1 aromatic carbocycles. The maximum absolute atomic E-state index is 12.9. The summed E-state index contributed by atoms with van der Waals surface area (Å²) in [5.41, 5.74) is 2.18. The third kappa shape index (κ3) is 3.35. The number of piperidine rings is 1. The van der Waals surface area contributed by atoms with E-state index in [0.29, 0.717) is 24.5 Å². The Bertz CT molecular complexity index is 1050. The molecule has 28 heavy (non-hydrogen) atoms. The van der Waals surface area contributed by atoms with Gasteiger partial charge in [-0.05, 0) is 43.5 Å². The maximum Gasteiger partial charge on any atom is 0.350 e. The fraction of sp³-hybridized carbons (Fsp3) is 0.333. The highest BCUT2D eigenvalue weighted by Crippen LogP contribution is 2.27. The van der Waals surface area contributed by atoms with E-state index in [9.17, 15) is 9.59 Å². The lowest BCUT2D eigenvalue weighted by molar-refractivity contribution is 0.0703. The number of nitrogens with zero attached hydrogens (tertiary/aromatic N) is 5. The van der Waals surface area contributed by atoms with Gasteiger partial charge in [-0.1, -0.05) is 18.2 Å². The molecule has 0 saturated carbocycles. The monoisotopic (exact) mass is 377 g/mol. The Morgan fingerprint density at radius 1 is 1.18 bits per heavy atom. The molecule has 0 spiro atoms. The van der Waals surface area contributed by atoms with Gasteiger partial charge in [-0.25, -0.2) is 14.0 Å². The van der Waals surface area contributed by atoms with Gasteiger partial charge in [-0.15, -0.1) is 0 Å². The minimum atomic E-state index is -0.174. The van der Waals surface area contributed by atoms with Crippen LogP contribution in [0.15, 0.2) is 53.6 Å². The average molecular weight is 377 g/mol. The van der Waals surface area contributed by atoms with Crippen LogP contribution >= 0.6 is 0 Å². The van der Waals surface area contributed by atoms with E-state index in [1.807, 2.05) is 48.2 Å². The van der Waals surface area contributed by atoms with Crippen molar-refractivity contribution in [3.05, 3.63) is 76.2 Å². The van der Waals surface area contributed by atoms with E-state index in [4.69, 9.17) is 0 Å². The van der Waals surface area contributed by atoms with Crippen LogP contribution in [0.5, 0.6) is 0 Å². The van der Waals surface area contributed by atoms with Crippen molar-refractivity contribution in [1.29, 1.82) is 0 Å². The molecule has 0 aliphatic carbocycles. The molecule has 3 aromatic rings. The van der Waals surface area contributed by atoms with Crippen LogP contribution < -0.4 is 5.69 Å². The summed E-state index contributed by atoms with van der Waals surface area (Å²) < 4.78 is 3.03. The fourth-order valence-corrected chi connectivity index (χ4v) is 3.79. The van der Waals surface area contributed by atoms with Gasteiger partial charge in [-0.3, -0.25) is 9.78 Å². The van der Waals surface area contributed by atoms with E-state index in [1.54, 1.807) is 24.0 Å². The number of aromatic nitrogens is 4. The van der Waals surface area contributed by atoms with Gasteiger partial charge in [0.05, 0.1) is 11.3 Å². The molecule has 0 N–H and O–H groups in total. The van der Waals surface area contributed by atoms with E-state index < -0.39 is 0 Å². The summed E-state index contributed by atoms with van der Waals surface area (Å²) in [6.07, 6.45) is 5.11. The van der Waals surface area contributed by atoms with Gasteiger partial charge < -0.3 is 4.90 Å². The van der Waals surface area contributed by atoms with Crippen molar-refractivity contribution in [2.75, 3.05) is 13.1 Å².